The van der Waals surface area contributed by atoms with Gasteiger partial charge in [-0.15, -0.1) is 6.58 Å². The number of hydrogen-bond donors (Lipinski definition) is 1. The summed E-state index contributed by atoms with van der Waals surface area (Å²) in [5, 5.41) is 0. The molecule has 0 saturated heterocycles. The predicted molar refractivity (Wildman–Crippen MR) is 117 cm³/mol. The summed E-state index contributed by atoms with van der Waals surface area (Å²) < 4.78 is 33.8. The highest BCUT2D eigenvalue weighted by Crippen LogP contribution is 2.35. The molecule has 0 aliphatic heterocycles. The van der Waals surface area contributed by atoms with E-state index in [1.165, 1.54) is 12.1 Å². The Kier molecular flexibility index (Phi) is 8.72. The molecule has 5 heteroatoms. The SMILES string of the molecule is C=CCCCCc1cc(F)cc(C)c1-c1cc([C@@H](N)CC(=O)OCC)c(F)cc1C. The minimum Gasteiger partial charge on any atom is -0.466 e. The first-order valence-electron chi connectivity index (χ1n) is 10.4. The number of aryl methyl sites for hydroxylation is 3. The minimum absolute atomic E-state index is 0.107. The summed E-state index contributed by atoms with van der Waals surface area (Å²) in [5.41, 5.74) is 10.5. The molecule has 1 atom stereocenters. The van der Waals surface area contributed by atoms with Crippen LogP contribution in [0.3, 0.4) is 0 Å². The molecule has 0 heterocycles. The summed E-state index contributed by atoms with van der Waals surface area (Å²) in [7, 11) is 0. The van der Waals surface area contributed by atoms with Crippen molar-refractivity contribution >= 4 is 5.97 Å². The average molecular weight is 416 g/mol. The molecule has 2 rings (SSSR count). The molecule has 0 aromatic heterocycles. The fourth-order valence-corrected chi connectivity index (χ4v) is 3.75. The van der Waals surface area contributed by atoms with Gasteiger partial charge in [-0.3, -0.25) is 4.79 Å². The van der Waals surface area contributed by atoms with Gasteiger partial charge in [-0.25, -0.2) is 8.78 Å². The number of rotatable bonds is 10. The quantitative estimate of drug-likeness (QED) is 0.290. The van der Waals surface area contributed by atoms with Gasteiger partial charge in [0.15, 0.2) is 0 Å². The molecule has 0 amide bonds. The van der Waals surface area contributed by atoms with Crippen LogP contribution >= 0.6 is 0 Å². The van der Waals surface area contributed by atoms with Gasteiger partial charge >= 0.3 is 5.97 Å². The molecule has 30 heavy (non-hydrogen) atoms. The van der Waals surface area contributed by atoms with Crippen molar-refractivity contribution in [3.05, 3.63) is 70.8 Å². The summed E-state index contributed by atoms with van der Waals surface area (Å²) in [6.45, 7) is 9.37. The molecule has 0 aliphatic carbocycles. The van der Waals surface area contributed by atoms with Gasteiger partial charge in [0.05, 0.1) is 13.0 Å². The Morgan fingerprint density at radius 1 is 1.17 bits per heavy atom. The first kappa shape index (κ1) is 23.7. The minimum atomic E-state index is -0.819. The number of allylic oxidation sites excluding steroid dienone is 1. The molecule has 0 unspecified atom stereocenters. The van der Waals surface area contributed by atoms with E-state index in [-0.39, 0.29) is 24.4 Å². The largest absolute Gasteiger partial charge is 0.466 e. The molecule has 0 fully saturated rings. The fourth-order valence-electron chi connectivity index (χ4n) is 3.75. The summed E-state index contributed by atoms with van der Waals surface area (Å²) in [5.74, 6) is -1.21. The highest BCUT2D eigenvalue weighted by atomic mass is 19.1. The molecule has 2 N–H and O–H groups in total. The molecule has 0 aliphatic rings. The Labute approximate surface area is 177 Å². The van der Waals surface area contributed by atoms with Crippen LogP contribution in [0.25, 0.3) is 11.1 Å². The number of benzene rings is 2. The third-order valence-electron chi connectivity index (χ3n) is 5.19. The molecule has 0 radical (unpaired) electrons. The van der Waals surface area contributed by atoms with Crippen molar-refractivity contribution in [2.45, 2.75) is 58.9 Å². The van der Waals surface area contributed by atoms with Gasteiger partial charge in [0.2, 0.25) is 0 Å². The lowest BCUT2D eigenvalue weighted by Gasteiger charge is -2.19. The molecule has 2 aromatic rings. The third kappa shape index (κ3) is 5.99. The van der Waals surface area contributed by atoms with Crippen LogP contribution in [0.2, 0.25) is 0 Å². The van der Waals surface area contributed by atoms with Crippen molar-refractivity contribution in [1.29, 1.82) is 0 Å². The number of carbonyl (C=O) groups excluding carboxylic acids is 1. The molecule has 162 valence electrons. The lowest BCUT2D eigenvalue weighted by Crippen LogP contribution is -2.18. The van der Waals surface area contributed by atoms with Crippen molar-refractivity contribution in [3.63, 3.8) is 0 Å². The van der Waals surface area contributed by atoms with Crippen LogP contribution in [0.15, 0.2) is 36.9 Å². The number of carbonyl (C=O) groups is 1. The van der Waals surface area contributed by atoms with Crippen LogP contribution in [-0.4, -0.2) is 12.6 Å². The van der Waals surface area contributed by atoms with Crippen molar-refractivity contribution in [2.24, 2.45) is 5.73 Å². The number of halogens is 2. The zero-order chi connectivity index (χ0) is 22.3. The second-order valence-electron chi connectivity index (χ2n) is 7.60. The Balaban J connectivity index is 2.47. The number of esters is 1. The topological polar surface area (TPSA) is 52.3 Å². The first-order valence-corrected chi connectivity index (χ1v) is 10.4. The maximum absolute atomic E-state index is 14.7. The van der Waals surface area contributed by atoms with Crippen molar-refractivity contribution in [2.75, 3.05) is 6.61 Å². The van der Waals surface area contributed by atoms with Crippen LogP contribution < -0.4 is 5.73 Å². The van der Waals surface area contributed by atoms with Crippen molar-refractivity contribution in [3.8, 4) is 11.1 Å². The van der Waals surface area contributed by atoms with Crippen LogP contribution in [0, 0.1) is 25.5 Å². The zero-order valence-corrected chi connectivity index (χ0v) is 18.1. The zero-order valence-electron chi connectivity index (χ0n) is 18.1. The smallest absolute Gasteiger partial charge is 0.307 e. The van der Waals surface area contributed by atoms with E-state index in [1.54, 1.807) is 19.1 Å². The van der Waals surface area contributed by atoms with Crippen LogP contribution in [0.1, 0.15) is 60.9 Å². The summed E-state index contributed by atoms with van der Waals surface area (Å²) in [4.78, 5) is 11.8. The second-order valence-corrected chi connectivity index (χ2v) is 7.60. The molecule has 0 saturated carbocycles. The lowest BCUT2D eigenvalue weighted by molar-refractivity contribution is -0.143. The Morgan fingerprint density at radius 3 is 2.57 bits per heavy atom. The second kappa shape index (κ2) is 11.0. The summed E-state index contributed by atoms with van der Waals surface area (Å²) in [6.07, 6.45) is 5.26. The monoisotopic (exact) mass is 415 g/mol. The normalized spacial score (nSPS) is 11.9. The van der Waals surface area contributed by atoms with Gasteiger partial charge in [0.25, 0.3) is 0 Å². The van der Waals surface area contributed by atoms with Gasteiger partial charge in [-0.2, -0.15) is 0 Å². The van der Waals surface area contributed by atoms with E-state index in [0.717, 1.165) is 47.1 Å². The molecule has 0 bridgehead atoms. The van der Waals surface area contributed by atoms with Gasteiger partial charge in [0, 0.05) is 11.6 Å². The van der Waals surface area contributed by atoms with Crippen LogP contribution in [0.5, 0.6) is 0 Å². The van der Waals surface area contributed by atoms with Gasteiger partial charge in [-0.1, -0.05) is 6.08 Å². The standard InChI is InChI=1S/C25H31F2NO2/c1-5-7-8-9-10-18-13-19(26)11-17(4)25(18)20-14-21(22(27)12-16(20)3)23(28)15-24(29)30-6-2/h5,11-14,23H,1,6-10,15,28H2,2-4H3/t23-/m0/s1. The number of hydrogen-bond acceptors (Lipinski definition) is 3. The first-order chi connectivity index (χ1) is 14.3. The Hall–Kier alpha value is -2.53. The molecular formula is C25H31F2NO2. The maximum Gasteiger partial charge on any atom is 0.307 e. The Bertz CT molecular complexity index is 909. The summed E-state index contributed by atoms with van der Waals surface area (Å²) >= 11 is 0. The van der Waals surface area contributed by atoms with Gasteiger partial charge in [0.1, 0.15) is 11.6 Å². The molecular weight excluding hydrogens is 384 g/mol. The van der Waals surface area contributed by atoms with Gasteiger partial charge < -0.3 is 10.5 Å². The summed E-state index contributed by atoms with van der Waals surface area (Å²) in [6, 6.07) is 5.35. The number of unbranched alkanes of at least 4 members (excludes halogenated alkanes) is 2. The van der Waals surface area contributed by atoms with E-state index in [2.05, 4.69) is 6.58 Å². The number of ether oxygens (including phenoxy) is 1. The van der Waals surface area contributed by atoms with Crippen molar-refractivity contribution in [1.82, 2.24) is 0 Å². The van der Waals surface area contributed by atoms with E-state index < -0.39 is 17.8 Å². The van der Waals surface area contributed by atoms with Gasteiger partial charge in [-0.05, 0) is 98.5 Å². The average Bonchev–Trinajstić information content (AvgIpc) is 2.66. The van der Waals surface area contributed by atoms with Crippen LogP contribution in [-0.2, 0) is 16.0 Å². The van der Waals surface area contributed by atoms with E-state index in [4.69, 9.17) is 10.5 Å². The van der Waals surface area contributed by atoms with E-state index in [0.29, 0.717) is 6.42 Å². The third-order valence-corrected chi connectivity index (χ3v) is 5.19. The lowest BCUT2D eigenvalue weighted by atomic mass is 9.87. The van der Waals surface area contributed by atoms with Crippen molar-refractivity contribution < 1.29 is 18.3 Å². The maximum atomic E-state index is 14.7. The fraction of sp³-hybridized carbons (Fsp3) is 0.400. The van der Waals surface area contributed by atoms with E-state index in [9.17, 15) is 13.6 Å². The highest BCUT2D eigenvalue weighted by Gasteiger charge is 2.20. The Morgan fingerprint density at radius 2 is 1.90 bits per heavy atom. The predicted octanol–water partition coefficient (Wildman–Crippen LogP) is 6.10. The molecule has 2 aromatic carbocycles. The molecule has 3 nitrogen and oxygen atoms in total. The van der Waals surface area contributed by atoms with E-state index >= 15 is 0 Å². The highest BCUT2D eigenvalue weighted by molar-refractivity contribution is 5.75. The van der Waals surface area contributed by atoms with Crippen LogP contribution in [0.4, 0.5) is 8.78 Å². The number of nitrogens with two attached hydrogens (primary N) is 1. The van der Waals surface area contributed by atoms with E-state index in [1.807, 2.05) is 19.9 Å². The molecule has 0 spiro atoms.